The molecule has 0 aliphatic rings. The van der Waals surface area contributed by atoms with Crippen LogP contribution in [0.15, 0.2) is 30.3 Å². The van der Waals surface area contributed by atoms with Gasteiger partial charge in [-0.3, -0.25) is 0 Å². The second-order valence-corrected chi connectivity index (χ2v) is 5.57. The SMILES string of the molecule is OC(CNCc1ccccc1)C(Cl)I. The van der Waals surface area contributed by atoms with E-state index in [2.05, 4.69) is 5.32 Å². The van der Waals surface area contributed by atoms with E-state index in [-0.39, 0.29) is 3.38 Å². The molecule has 0 aliphatic heterocycles. The van der Waals surface area contributed by atoms with Gasteiger partial charge in [-0.1, -0.05) is 52.9 Å². The summed E-state index contributed by atoms with van der Waals surface area (Å²) < 4.78 is -0.240. The normalized spacial score (nSPS) is 15.1. The Labute approximate surface area is 103 Å². The Morgan fingerprint density at radius 2 is 2.00 bits per heavy atom. The summed E-state index contributed by atoms with van der Waals surface area (Å²) in [4.78, 5) is 0. The molecule has 1 rings (SSSR count). The van der Waals surface area contributed by atoms with Gasteiger partial charge in [-0.2, -0.15) is 0 Å². The van der Waals surface area contributed by atoms with Crippen LogP contribution >= 0.6 is 34.2 Å². The Hall–Kier alpha value is 0.160. The van der Waals surface area contributed by atoms with Crippen LogP contribution in [0.3, 0.4) is 0 Å². The molecule has 2 nitrogen and oxygen atoms in total. The van der Waals surface area contributed by atoms with Gasteiger partial charge in [0, 0.05) is 13.1 Å². The molecule has 0 saturated heterocycles. The van der Waals surface area contributed by atoms with Gasteiger partial charge in [0.2, 0.25) is 0 Å². The largest absolute Gasteiger partial charge is 0.389 e. The van der Waals surface area contributed by atoms with Crippen LogP contribution in [0, 0.1) is 0 Å². The second-order valence-electron chi connectivity index (χ2n) is 3.02. The Balaban J connectivity index is 2.22. The van der Waals surface area contributed by atoms with Crippen LogP contribution < -0.4 is 5.32 Å². The summed E-state index contributed by atoms with van der Waals surface area (Å²) in [5, 5.41) is 12.5. The minimum Gasteiger partial charge on any atom is -0.389 e. The van der Waals surface area contributed by atoms with Crippen molar-refractivity contribution >= 4 is 34.2 Å². The minimum absolute atomic E-state index is 0.240. The van der Waals surface area contributed by atoms with Crippen LogP contribution in [-0.4, -0.2) is 21.1 Å². The lowest BCUT2D eigenvalue weighted by molar-refractivity contribution is 0.190. The summed E-state index contributed by atoms with van der Waals surface area (Å²) in [7, 11) is 0. The highest BCUT2D eigenvalue weighted by molar-refractivity contribution is 14.1. The van der Waals surface area contributed by atoms with Crippen molar-refractivity contribution in [1.29, 1.82) is 0 Å². The maximum Gasteiger partial charge on any atom is 0.112 e. The van der Waals surface area contributed by atoms with Crippen LogP contribution in [0.1, 0.15) is 5.56 Å². The van der Waals surface area contributed by atoms with Crippen LogP contribution in [0.5, 0.6) is 0 Å². The van der Waals surface area contributed by atoms with Crippen LogP contribution in [-0.2, 0) is 6.54 Å². The van der Waals surface area contributed by atoms with E-state index in [4.69, 9.17) is 11.6 Å². The highest BCUT2D eigenvalue weighted by Crippen LogP contribution is 2.10. The quantitative estimate of drug-likeness (QED) is 0.642. The van der Waals surface area contributed by atoms with Crippen molar-refractivity contribution in [2.24, 2.45) is 0 Å². The van der Waals surface area contributed by atoms with Crippen LogP contribution in [0.2, 0.25) is 0 Å². The molecular formula is C10H13ClINO. The Kier molecular flexibility index (Phi) is 5.77. The van der Waals surface area contributed by atoms with Crippen molar-refractivity contribution in [2.45, 2.75) is 16.0 Å². The van der Waals surface area contributed by atoms with E-state index in [1.54, 1.807) is 0 Å². The molecule has 0 amide bonds. The minimum atomic E-state index is -0.499. The third-order valence-electron chi connectivity index (χ3n) is 1.82. The molecule has 2 unspecified atom stereocenters. The number of rotatable bonds is 5. The van der Waals surface area contributed by atoms with Crippen LogP contribution in [0.25, 0.3) is 0 Å². The number of nitrogens with one attached hydrogen (secondary N) is 1. The number of benzene rings is 1. The van der Waals surface area contributed by atoms with Gasteiger partial charge in [0.05, 0.1) is 6.10 Å². The zero-order valence-corrected chi connectivity index (χ0v) is 10.6. The smallest absolute Gasteiger partial charge is 0.112 e. The molecule has 2 atom stereocenters. The van der Waals surface area contributed by atoms with Gasteiger partial charge in [-0.05, 0) is 5.56 Å². The molecule has 0 spiro atoms. The number of hydrogen-bond donors (Lipinski definition) is 2. The highest BCUT2D eigenvalue weighted by atomic mass is 127. The first kappa shape index (κ1) is 12.2. The monoisotopic (exact) mass is 325 g/mol. The van der Waals surface area contributed by atoms with Crippen molar-refractivity contribution < 1.29 is 5.11 Å². The predicted octanol–water partition coefficient (Wildman–Crippen LogP) is 2.14. The van der Waals surface area contributed by atoms with Gasteiger partial charge in [0.15, 0.2) is 0 Å². The van der Waals surface area contributed by atoms with E-state index in [0.29, 0.717) is 6.54 Å². The lowest BCUT2D eigenvalue weighted by Crippen LogP contribution is -2.30. The second kappa shape index (κ2) is 6.61. The Morgan fingerprint density at radius 3 is 2.57 bits per heavy atom. The molecule has 2 N–H and O–H groups in total. The molecule has 0 saturated carbocycles. The zero-order valence-electron chi connectivity index (χ0n) is 7.66. The molecule has 0 bridgehead atoms. The molecule has 1 aromatic rings. The zero-order chi connectivity index (χ0) is 10.4. The van der Waals surface area contributed by atoms with Crippen molar-refractivity contribution in [3.05, 3.63) is 35.9 Å². The van der Waals surface area contributed by atoms with Crippen LogP contribution in [0.4, 0.5) is 0 Å². The number of aliphatic hydroxyl groups excluding tert-OH is 1. The predicted molar refractivity (Wildman–Crippen MR) is 67.8 cm³/mol. The molecule has 0 fully saturated rings. The lowest BCUT2D eigenvalue weighted by atomic mass is 10.2. The van der Waals surface area contributed by atoms with Gasteiger partial charge in [0.25, 0.3) is 0 Å². The topological polar surface area (TPSA) is 32.3 Å². The number of hydrogen-bond acceptors (Lipinski definition) is 2. The molecule has 78 valence electrons. The van der Waals surface area contributed by atoms with Gasteiger partial charge >= 0.3 is 0 Å². The number of alkyl halides is 2. The van der Waals surface area contributed by atoms with E-state index in [9.17, 15) is 5.11 Å². The third-order valence-corrected chi connectivity index (χ3v) is 2.94. The van der Waals surface area contributed by atoms with Gasteiger partial charge in [-0.15, -0.1) is 11.6 Å². The summed E-state index contributed by atoms with van der Waals surface area (Å²) >= 11 is 7.70. The van der Waals surface area contributed by atoms with E-state index in [0.717, 1.165) is 6.54 Å². The molecule has 0 radical (unpaired) electrons. The first-order valence-corrected chi connectivity index (χ1v) is 6.09. The fraction of sp³-hybridized carbons (Fsp3) is 0.400. The molecule has 1 aromatic carbocycles. The molecule has 0 aliphatic carbocycles. The fourth-order valence-corrected chi connectivity index (χ4v) is 1.39. The van der Waals surface area contributed by atoms with Gasteiger partial charge < -0.3 is 10.4 Å². The molecule has 0 heterocycles. The summed E-state index contributed by atoms with van der Waals surface area (Å²) in [5.41, 5.74) is 1.21. The number of halogens is 2. The molecular weight excluding hydrogens is 312 g/mol. The maximum absolute atomic E-state index is 9.40. The van der Waals surface area contributed by atoms with Crippen molar-refractivity contribution in [3.8, 4) is 0 Å². The number of aliphatic hydroxyl groups is 1. The Bertz CT molecular complexity index is 256. The van der Waals surface area contributed by atoms with Gasteiger partial charge in [0.1, 0.15) is 3.38 Å². The molecule has 14 heavy (non-hydrogen) atoms. The summed E-state index contributed by atoms with van der Waals surface area (Å²) in [6, 6.07) is 10.1. The van der Waals surface area contributed by atoms with Crippen molar-refractivity contribution in [1.82, 2.24) is 5.32 Å². The van der Waals surface area contributed by atoms with E-state index >= 15 is 0 Å². The van der Waals surface area contributed by atoms with Crippen molar-refractivity contribution in [2.75, 3.05) is 6.54 Å². The fourth-order valence-electron chi connectivity index (χ4n) is 1.05. The first-order valence-electron chi connectivity index (χ1n) is 4.41. The third kappa shape index (κ3) is 4.59. The maximum atomic E-state index is 9.40. The van der Waals surface area contributed by atoms with Crippen molar-refractivity contribution in [3.63, 3.8) is 0 Å². The lowest BCUT2D eigenvalue weighted by Gasteiger charge is -2.12. The van der Waals surface area contributed by atoms with E-state index in [1.165, 1.54) is 5.56 Å². The first-order chi connectivity index (χ1) is 6.70. The average Bonchev–Trinajstić information content (AvgIpc) is 2.19. The average molecular weight is 326 g/mol. The highest BCUT2D eigenvalue weighted by Gasteiger charge is 2.11. The molecule has 4 heteroatoms. The summed E-state index contributed by atoms with van der Waals surface area (Å²) in [6.45, 7) is 1.28. The molecule has 0 aromatic heterocycles. The Morgan fingerprint density at radius 1 is 1.36 bits per heavy atom. The standard InChI is InChI=1S/C10H13ClINO/c11-10(12)9(14)7-13-6-8-4-2-1-3-5-8/h1-5,9-10,13-14H,6-7H2. The van der Waals surface area contributed by atoms with Gasteiger partial charge in [-0.25, -0.2) is 0 Å². The summed E-state index contributed by atoms with van der Waals surface area (Å²) in [6.07, 6.45) is -0.499. The van der Waals surface area contributed by atoms with E-state index < -0.39 is 6.10 Å². The summed E-state index contributed by atoms with van der Waals surface area (Å²) in [5.74, 6) is 0. The van der Waals surface area contributed by atoms with E-state index in [1.807, 2.05) is 52.9 Å².